The third-order valence-electron chi connectivity index (χ3n) is 3.92. The molecule has 26 heavy (non-hydrogen) atoms. The van der Waals surface area contributed by atoms with E-state index in [0.29, 0.717) is 23.6 Å². The van der Waals surface area contributed by atoms with Crippen molar-refractivity contribution in [2.75, 3.05) is 26.1 Å². The highest BCUT2D eigenvalue weighted by atomic mass is 16.5. The Balaban J connectivity index is 1.97. The van der Waals surface area contributed by atoms with Crippen LogP contribution in [0.25, 0.3) is 0 Å². The van der Waals surface area contributed by atoms with Gasteiger partial charge in [-0.2, -0.15) is 0 Å². The lowest BCUT2D eigenvalue weighted by Gasteiger charge is -2.15. The molecule has 0 aliphatic heterocycles. The highest BCUT2D eigenvalue weighted by Gasteiger charge is 2.21. The maximum absolute atomic E-state index is 12.3. The first kappa shape index (κ1) is 19.3. The second-order valence-corrected chi connectivity index (χ2v) is 5.59. The van der Waals surface area contributed by atoms with Crippen LogP contribution in [0.15, 0.2) is 48.5 Å². The summed E-state index contributed by atoms with van der Waals surface area (Å²) in [6.07, 6.45) is 0.591. The number of anilines is 1. The van der Waals surface area contributed by atoms with Gasteiger partial charge in [-0.1, -0.05) is 37.3 Å². The van der Waals surface area contributed by atoms with Gasteiger partial charge < -0.3 is 19.5 Å². The summed E-state index contributed by atoms with van der Waals surface area (Å²) in [5.41, 5.74) is 1.32. The molecule has 2 aromatic rings. The first-order chi connectivity index (χ1) is 12.6. The minimum Gasteiger partial charge on any atom is -0.497 e. The zero-order chi connectivity index (χ0) is 18.9. The van der Waals surface area contributed by atoms with Crippen molar-refractivity contribution in [1.29, 1.82) is 0 Å². The van der Waals surface area contributed by atoms with Gasteiger partial charge in [0.2, 0.25) is 0 Å². The van der Waals surface area contributed by atoms with Crippen LogP contribution < -0.4 is 14.8 Å². The van der Waals surface area contributed by atoms with E-state index in [2.05, 4.69) is 5.32 Å². The smallest absolute Gasteiger partial charge is 0.313 e. The van der Waals surface area contributed by atoms with Crippen LogP contribution in [-0.4, -0.2) is 32.7 Å². The van der Waals surface area contributed by atoms with Crippen LogP contribution in [0.5, 0.6) is 11.5 Å². The Labute approximate surface area is 153 Å². The predicted octanol–water partition coefficient (Wildman–Crippen LogP) is 3.38. The van der Waals surface area contributed by atoms with E-state index in [1.807, 2.05) is 37.3 Å². The van der Waals surface area contributed by atoms with Crippen molar-refractivity contribution in [2.24, 2.45) is 0 Å². The van der Waals surface area contributed by atoms with Crippen molar-refractivity contribution >= 4 is 17.6 Å². The fourth-order valence-corrected chi connectivity index (χ4v) is 2.56. The number of methoxy groups -OCH3 is 2. The maximum atomic E-state index is 12.3. The van der Waals surface area contributed by atoms with E-state index in [1.54, 1.807) is 18.2 Å². The van der Waals surface area contributed by atoms with Gasteiger partial charge in [-0.05, 0) is 24.1 Å². The van der Waals surface area contributed by atoms with E-state index < -0.39 is 17.8 Å². The largest absolute Gasteiger partial charge is 0.497 e. The Morgan fingerprint density at radius 3 is 2.38 bits per heavy atom. The molecule has 6 nitrogen and oxygen atoms in total. The van der Waals surface area contributed by atoms with Crippen molar-refractivity contribution in [1.82, 2.24) is 0 Å². The number of hydrogen-bond donors (Lipinski definition) is 1. The van der Waals surface area contributed by atoms with Crippen molar-refractivity contribution in [3.63, 3.8) is 0 Å². The monoisotopic (exact) mass is 357 g/mol. The van der Waals surface area contributed by atoms with Crippen molar-refractivity contribution in [3.05, 3.63) is 54.1 Å². The number of rotatable bonds is 8. The minimum absolute atomic E-state index is 0.372. The van der Waals surface area contributed by atoms with Crippen LogP contribution in [0, 0.1) is 0 Å². The summed E-state index contributed by atoms with van der Waals surface area (Å²) in [5, 5.41) is 2.67. The molecule has 0 unspecified atom stereocenters. The summed E-state index contributed by atoms with van der Waals surface area (Å²) < 4.78 is 15.5. The summed E-state index contributed by atoms with van der Waals surface area (Å²) in [6, 6.07) is 14.4. The number of hydrogen-bond acceptors (Lipinski definition) is 5. The van der Waals surface area contributed by atoms with Crippen LogP contribution in [-0.2, 0) is 14.3 Å². The van der Waals surface area contributed by atoms with E-state index in [-0.39, 0.29) is 6.61 Å². The fourth-order valence-electron chi connectivity index (χ4n) is 2.56. The molecule has 0 saturated heterocycles. The van der Waals surface area contributed by atoms with Crippen LogP contribution in [0.4, 0.5) is 5.69 Å². The molecule has 1 amide bonds. The summed E-state index contributed by atoms with van der Waals surface area (Å²) in [5.74, 6) is -0.205. The van der Waals surface area contributed by atoms with E-state index >= 15 is 0 Å². The molecular formula is C20H23NO5. The topological polar surface area (TPSA) is 73.9 Å². The highest BCUT2D eigenvalue weighted by molar-refractivity contribution is 5.94. The Bertz CT molecular complexity index is 745. The normalized spacial score (nSPS) is 11.3. The summed E-state index contributed by atoms with van der Waals surface area (Å²) in [7, 11) is 3.03. The molecule has 0 fully saturated rings. The average molecular weight is 357 g/mol. The van der Waals surface area contributed by atoms with Crippen molar-refractivity contribution in [3.8, 4) is 11.5 Å². The Morgan fingerprint density at radius 1 is 1.04 bits per heavy atom. The lowest BCUT2D eigenvalue weighted by molar-refractivity contribution is -0.149. The highest BCUT2D eigenvalue weighted by Crippen LogP contribution is 2.28. The molecule has 0 bridgehead atoms. The van der Waals surface area contributed by atoms with E-state index in [9.17, 15) is 9.59 Å². The van der Waals surface area contributed by atoms with Crippen LogP contribution >= 0.6 is 0 Å². The third kappa shape index (κ3) is 4.99. The number of carbonyl (C=O) groups excluding carboxylic acids is 2. The molecule has 0 heterocycles. The number of ether oxygens (including phenoxy) is 3. The first-order valence-electron chi connectivity index (χ1n) is 8.32. The standard InChI is InChI=1S/C20H23NO5/c1-4-16(14-8-6-5-7-9-14)20(23)26-13-19(22)21-17-12-15(24-2)10-11-18(17)25-3/h5-12,16H,4,13H2,1-3H3,(H,21,22)/t16-/m0/s1. The van der Waals surface area contributed by atoms with Gasteiger partial charge in [0.05, 0.1) is 25.8 Å². The van der Waals surface area contributed by atoms with Gasteiger partial charge in [0.25, 0.3) is 5.91 Å². The molecule has 0 spiro atoms. The van der Waals surface area contributed by atoms with E-state index in [1.165, 1.54) is 14.2 Å². The van der Waals surface area contributed by atoms with Crippen LogP contribution in [0.2, 0.25) is 0 Å². The number of nitrogens with one attached hydrogen (secondary N) is 1. The molecular weight excluding hydrogens is 334 g/mol. The molecule has 1 atom stereocenters. The molecule has 2 rings (SSSR count). The van der Waals surface area contributed by atoms with Gasteiger partial charge in [-0.25, -0.2) is 0 Å². The van der Waals surface area contributed by atoms with Crippen LogP contribution in [0.1, 0.15) is 24.8 Å². The summed E-state index contributed by atoms with van der Waals surface area (Å²) >= 11 is 0. The van der Waals surface area contributed by atoms with Gasteiger partial charge >= 0.3 is 5.97 Å². The lowest BCUT2D eigenvalue weighted by Crippen LogP contribution is -2.24. The van der Waals surface area contributed by atoms with Gasteiger partial charge in [0, 0.05) is 6.07 Å². The number of esters is 1. The van der Waals surface area contributed by atoms with Gasteiger partial charge in [0.15, 0.2) is 6.61 Å². The van der Waals surface area contributed by atoms with Crippen LogP contribution in [0.3, 0.4) is 0 Å². The quantitative estimate of drug-likeness (QED) is 0.733. The van der Waals surface area contributed by atoms with Gasteiger partial charge in [0.1, 0.15) is 11.5 Å². The molecule has 138 valence electrons. The first-order valence-corrected chi connectivity index (χ1v) is 8.32. The second-order valence-electron chi connectivity index (χ2n) is 5.59. The van der Waals surface area contributed by atoms with Gasteiger partial charge in [-0.3, -0.25) is 9.59 Å². The molecule has 6 heteroatoms. The third-order valence-corrected chi connectivity index (χ3v) is 3.92. The lowest BCUT2D eigenvalue weighted by atomic mass is 9.97. The number of amides is 1. The Hall–Kier alpha value is -3.02. The molecule has 1 N–H and O–H groups in total. The second kappa shape index (κ2) is 9.46. The Morgan fingerprint density at radius 2 is 1.77 bits per heavy atom. The SMILES string of the molecule is CC[C@H](C(=O)OCC(=O)Nc1cc(OC)ccc1OC)c1ccccc1. The summed E-state index contributed by atoms with van der Waals surface area (Å²) in [4.78, 5) is 24.5. The zero-order valence-corrected chi connectivity index (χ0v) is 15.2. The minimum atomic E-state index is -0.451. The average Bonchev–Trinajstić information content (AvgIpc) is 2.67. The zero-order valence-electron chi connectivity index (χ0n) is 15.2. The maximum Gasteiger partial charge on any atom is 0.313 e. The molecule has 0 aromatic heterocycles. The van der Waals surface area contributed by atoms with Gasteiger partial charge in [-0.15, -0.1) is 0 Å². The predicted molar refractivity (Wildman–Crippen MR) is 98.6 cm³/mol. The number of carbonyl (C=O) groups is 2. The molecule has 0 aliphatic carbocycles. The van der Waals surface area contributed by atoms with E-state index in [0.717, 1.165) is 5.56 Å². The number of benzene rings is 2. The summed E-state index contributed by atoms with van der Waals surface area (Å²) in [6.45, 7) is 1.53. The van der Waals surface area contributed by atoms with Crippen molar-refractivity contribution < 1.29 is 23.8 Å². The van der Waals surface area contributed by atoms with E-state index in [4.69, 9.17) is 14.2 Å². The molecule has 0 saturated carbocycles. The Kier molecular flexibility index (Phi) is 7.02. The molecule has 0 radical (unpaired) electrons. The molecule has 0 aliphatic rings. The fraction of sp³-hybridized carbons (Fsp3) is 0.300. The molecule has 2 aromatic carbocycles. The van der Waals surface area contributed by atoms with Crippen molar-refractivity contribution in [2.45, 2.75) is 19.3 Å².